The number of carboxylic acids is 1. The van der Waals surface area contributed by atoms with E-state index in [1.165, 1.54) is 4.90 Å². The van der Waals surface area contributed by atoms with E-state index in [0.29, 0.717) is 32.2 Å². The molecule has 0 saturated carbocycles. The van der Waals surface area contributed by atoms with Crippen LogP contribution in [0.2, 0.25) is 0 Å². The van der Waals surface area contributed by atoms with Gasteiger partial charge in [0, 0.05) is 6.54 Å². The van der Waals surface area contributed by atoms with Crippen molar-refractivity contribution in [1.29, 1.82) is 0 Å². The van der Waals surface area contributed by atoms with Gasteiger partial charge in [0.1, 0.15) is 12.1 Å². The molecular formula is C20H30LiN2O9P. The van der Waals surface area contributed by atoms with E-state index >= 15 is 0 Å². The Kier molecular flexibility index (Phi) is 14.5. The average Bonchev–Trinajstić information content (AvgIpc) is 3.20. The fourth-order valence-electron chi connectivity index (χ4n) is 3.38. The molecule has 11 nitrogen and oxygen atoms in total. The number of carboxylic acid groups (broad SMARTS) is 1. The number of carbonyl (C=O) groups excluding carboxylic acids is 2. The topological polar surface area (TPSA) is 177 Å². The molecule has 1 aliphatic heterocycles. The van der Waals surface area contributed by atoms with Gasteiger partial charge in [-0.1, -0.05) is 30.3 Å². The molecule has 3 atom stereocenters. The van der Waals surface area contributed by atoms with E-state index in [4.69, 9.17) is 24.0 Å². The number of benzene rings is 1. The fourth-order valence-corrected chi connectivity index (χ4v) is 3.38. The summed E-state index contributed by atoms with van der Waals surface area (Å²) < 4.78 is 13.9. The molecule has 1 heterocycles. The molecular weight excluding hydrogens is 450 g/mol. The van der Waals surface area contributed by atoms with E-state index in [9.17, 15) is 19.5 Å². The standard InChI is InChI=1S/C20H28N2O5.Li.H3O4P/c1-3-27-20(26)16(12-11-15-8-5-4-6-9-15)21-14(2)18(23)22-13-7-10-17(22)19(24)25;;1-5(2,3)4/h4-6,8-9,14,16-17,21H,3,7,10-13H2,1-2H3,(H,24,25);;(H3,1,2,3,4)/q;+1;/p-1/t14-,16-,17-;;/m0../s1. The SMILES string of the molecule is CCOC(=O)[C@H](CCc1ccccc1)N[C@@H](C)C(=O)N1CCC[C@H]1C(=O)O.O=P([O-])(O)O.[Li+]. The number of rotatable bonds is 9. The second-order valence-electron chi connectivity index (χ2n) is 7.24. The summed E-state index contributed by atoms with van der Waals surface area (Å²) in [4.78, 5) is 60.6. The minimum absolute atomic E-state index is 0. The molecule has 4 N–H and O–H groups in total. The fraction of sp³-hybridized carbons (Fsp3) is 0.550. The van der Waals surface area contributed by atoms with E-state index in [2.05, 4.69) is 5.32 Å². The number of nitrogens with one attached hydrogen (secondary N) is 1. The monoisotopic (exact) mass is 480 g/mol. The summed E-state index contributed by atoms with van der Waals surface area (Å²) in [5, 5.41) is 12.3. The van der Waals surface area contributed by atoms with Gasteiger partial charge < -0.3 is 29.4 Å². The van der Waals surface area contributed by atoms with Crippen LogP contribution < -0.4 is 29.1 Å². The minimum atomic E-state index is -4.89. The summed E-state index contributed by atoms with van der Waals surface area (Å²) in [6.45, 7) is 4.09. The number of likely N-dealkylation sites (tertiary alicyclic amines) is 1. The predicted octanol–water partition coefficient (Wildman–Crippen LogP) is -2.95. The normalized spacial score (nSPS) is 17.1. The summed E-state index contributed by atoms with van der Waals surface area (Å²) in [7, 11) is -4.89. The zero-order valence-electron chi connectivity index (χ0n) is 19.0. The first-order valence-electron chi connectivity index (χ1n) is 10.2. The second-order valence-corrected chi connectivity index (χ2v) is 8.22. The number of ether oxygens (including phenoxy) is 1. The third-order valence-electron chi connectivity index (χ3n) is 4.78. The van der Waals surface area contributed by atoms with Crippen LogP contribution in [-0.4, -0.2) is 68.9 Å². The summed E-state index contributed by atoms with van der Waals surface area (Å²) in [5.74, 6) is -1.68. The molecule has 33 heavy (non-hydrogen) atoms. The smallest absolute Gasteiger partial charge is 0.756 e. The number of carbonyl (C=O) groups is 3. The van der Waals surface area contributed by atoms with Gasteiger partial charge in [-0.2, -0.15) is 0 Å². The van der Waals surface area contributed by atoms with Crippen molar-refractivity contribution in [2.45, 2.75) is 57.7 Å². The van der Waals surface area contributed by atoms with Gasteiger partial charge in [-0.25, -0.2) is 4.79 Å². The molecule has 0 radical (unpaired) electrons. The zero-order chi connectivity index (χ0) is 24.3. The first kappa shape index (κ1) is 31.3. The molecule has 1 aromatic carbocycles. The van der Waals surface area contributed by atoms with E-state index in [-0.39, 0.29) is 31.4 Å². The van der Waals surface area contributed by atoms with Crippen molar-refractivity contribution in [3.05, 3.63) is 35.9 Å². The van der Waals surface area contributed by atoms with E-state index in [1.54, 1.807) is 13.8 Å². The molecule has 180 valence electrons. The number of hydrogen-bond donors (Lipinski definition) is 4. The maximum absolute atomic E-state index is 12.7. The Labute approximate surface area is 204 Å². The minimum Gasteiger partial charge on any atom is -0.756 e. The number of aliphatic carboxylic acids is 1. The van der Waals surface area contributed by atoms with Crippen LogP contribution in [0.5, 0.6) is 0 Å². The van der Waals surface area contributed by atoms with Crippen molar-refractivity contribution in [2.24, 2.45) is 0 Å². The van der Waals surface area contributed by atoms with Crippen LogP contribution in [-0.2, 0) is 30.1 Å². The Morgan fingerprint density at radius 3 is 2.36 bits per heavy atom. The van der Waals surface area contributed by atoms with Crippen LogP contribution in [0.15, 0.2) is 30.3 Å². The predicted molar refractivity (Wildman–Crippen MR) is 112 cm³/mol. The molecule has 1 aliphatic rings. The van der Waals surface area contributed by atoms with Crippen molar-refractivity contribution >= 4 is 25.7 Å². The number of phosphoric acid groups is 1. The molecule has 0 unspecified atom stereocenters. The largest absolute Gasteiger partial charge is 1.00 e. The molecule has 1 aromatic rings. The molecule has 0 spiro atoms. The summed E-state index contributed by atoms with van der Waals surface area (Å²) in [5.41, 5.74) is 1.10. The van der Waals surface area contributed by atoms with E-state index in [1.807, 2.05) is 30.3 Å². The van der Waals surface area contributed by atoms with Crippen molar-refractivity contribution in [1.82, 2.24) is 10.2 Å². The van der Waals surface area contributed by atoms with Gasteiger partial charge in [0.15, 0.2) is 0 Å². The van der Waals surface area contributed by atoms with Gasteiger partial charge in [-0.05, 0) is 45.1 Å². The molecule has 0 aliphatic carbocycles. The van der Waals surface area contributed by atoms with Crippen molar-refractivity contribution in [3.63, 3.8) is 0 Å². The van der Waals surface area contributed by atoms with Crippen LogP contribution >= 0.6 is 7.82 Å². The molecule has 1 fully saturated rings. The number of nitrogens with zero attached hydrogens (tertiary/aromatic N) is 1. The Morgan fingerprint density at radius 1 is 1.27 bits per heavy atom. The first-order valence-corrected chi connectivity index (χ1v) is 11.7. The molecule has 1 amide bonds. The van der Waals surface area contributed by atoms with Crippen LogP contribution in [0.4, 0.5) is 0 Å². The zero-order valence-corrected chi connectivity index (χ0v) is 19.9. The van der Waals surface area contributed by atoms with Crippen LogP contribution in [0.3, 0.4) is 0 Å². The van der Waals surface area contributed by atoms with E-state index < -0.39 is 37.9 Å². The quantitative estimate of drug-likeness (QED) is 0.162. The molecule has 0 aromatic heterocycles. The third-order valence-corrected chi connectivity index (χ3v) is 4.78. The van der Waals surface area contributed by atoms with Crippen LogP contribution in [0.25, 0.3) is 0 Å². The van der Waals surface area contributed by atoms with Crippen molar-refractivity contribution in [3.8, 4) is 0 Å². The Bertz CT molecular complexity index is 798. The third kappa shape index (κ3) is 12.4. The van der Waals surface area contributed by atoms with Gasteiger partial charge in [-0.15, -0.1) is 0 Å². The van der Waals surface area contributed by atoms with Gasteiger partial charge in [-0.3, -0.25) is 19.5 Å². The van der Waals surface area contributed by atoms with Crippen LogP contribution in [0, 0.1) is 0 Å². The van der Waals surface area contributed by atoms with Gasteiger partial charge >= 0.3 is 30.8 Å². The number of esters is 1. The second kappa shape index (κ2) is 15.2. The van der Waals surface area contributed by atoms with Crippen molar-refractivity contribution < 1.29 is 62.3 Å². The number of amides is 1. The molecule has 0 bridgehead atoms. The first-order chi connectivity index (χ1) is 14.9. The summed E-state index contributed by atoms with van der Waals surface area (Å²) >= 11 is 0. The summed E-state index contributed by atoms with van der Waals surface area (Å²) in [6.07, 6.45) is 2.29. The average molecular weight is 480 g/mol. The Morgan fingerprint density at radius 2 is 1.85 bits per heavy atom. The van der Waals surface area contributed by atoms with Gasteiger partial charge in [0.2, 0.25) is 5.91 Å². The number of aryl methyl sites for hydroxylation is 1. The van der Waals surface area contributed by atoms with Gasteiger partial charge in [0.25, 0.3) is 7.82 Å². The Balaban J connectivity index is 0.00000154. The maximum atomic E-state index is 12.7. The van der Waals surface area contributed by atoms with Crippen molar-refractivity contribution in [2.75, 3.05) is 13.2 Å². The number of hydrogen-bond acceptors (Lipinski definition) is 7. The molecule has 1 saturated heterocycles. The molecule has 13 heteroatoms. The van der Waals surface area contributed by atoms with Gasteiger partial charge in [0.05, 0.1) is 12.6 Å². The van der Waals surface area contributed by atoms with Crippen LogP contribution in [0.1, 0.15) is 38.7 Å². The van der Waals surface area contributed by atoms with E-state index in [0.717, 1.165) is 5.56 Å². The maximum Gasteiger partial charge on any atom is 1.00 e. The Hall–Kier alpha value is -1.70. The summed E-state index contributed by atoms with van der Waals surface area (Å²) in [6, 6.07) is 7.69. The molecule has 2 rings (SSSR count).